The maximum Gasteiger partial charge on any atom is 0.338 e. The van der Waals surface area contributed by atoms with E-state index in [1.807, 2.05) is 0 Å². The number of esters is 1. The van der Waals surface area contributed by atoms with E-state index in [9.17, 15) is 4.79 Å². The van der Waals surface area contributed by atoms with Gasteiger partial charge in [0, 0.05) is 29.7 Å². The van der Waals surface area contributed by atoms with E-state index in [1.165, 1.54) is 35.5 Å². The minimum Gasteiger partial charge on any atom is -0.496 e. The summed E-state index contributed by atoms with van der Waals surface area (Å²) in [4.78, 5) is 13.4. The van der Waals surface area contributed by atoms with Gasteiger partial charge in [-0.3, -0.25) is 0 Å². The summed E-state index contributed by atoms with van der Waals surface area (Å²) in [6.07, 6.45) is -1.17. The Morgan fingerprint density at radius 1 is 0.692 bits per heavy atom. The van der Waals surface area contributed by atoms with Crippen molar-refractivity contribution in [2.24, 2.45) is 0 Å². The molecule has 0 spiro atoms. The number of rotatable bonds is 10. The largest absolute Gasteiger partial charge is 0.496 e. The third kappa shape index (κ3) is 5.41. The van der Waals surface area contributed by atoms with Crippen molar-refractivity contribution < 1.29 is 47.4 Å². The highest BCUT2D eigenvalue weighted by atomic mass is 16.6. The highest BCUT2D eigenvalue weighted by Crippen LogP contribution is 2.47. The SMILES string of the molecule is COc1cc(OC)c2c(c1)O[C@H](c1cc(OC)c(OC)c(OC)c1)[C@H](OC(=O)c1ccc(OC)c(OC)c1)C2. The summed E-state index contributed by atoms with van der Waals surface area (Å²) in [5, 5.41) is 0. The van der Waals surface area contributed by atoms with Crippen LogP contribution < -0.4 is 37.9 Å². The van der Waals surface area contributed by atoms with E-state index >= 15 is 0 Å². The summed E-state index contributed by atoms with van der Waals surface area (Å²) in [6, 6.07) is 11.9. The molecule has 208 valence electrons. The second kappa shape index (κ2) is 11.9. The maximum absolute atomic E-state index is 13.4. The standard InChI is InChI=1S/C29H32O10/c1-31-18-13-21(33-3)19-15-26(39-29(30)16-8-9-20(32-2)23(10-16)34-4)27(38-22(19)14-18)17-11-24(35-5)28(37-7)25(12-17)36-6/h8-14,26-27H,15H2,1-7H3/t26-,27-/m1/s1. The van der Waals surface area contributed by atoms with Crippen LogP contribution in [0, 0.1) is 0 Å². The molecule has 0 radical (unpaired) electrons. The van der Waals surface area contributed by atoms with Crippen LogP contribution in [0.25, 0.3) is 0 Å². The van der Waals surface area contributed by atoms with E-state index in [-0.39, 0.29) is 0 Å². The van der Waals surface area contributed by atoms with Gasteiger partial charge < -0.3 is 42.6 Å². The first-order valence-corrected chi connectivity index (χ1v) is 12.1. The van der Waals surface area contributed by atoms with Crippen LogP contribution in [0.3, 0.4) is 0 Å². The molecule has 0 saturated carbocycles. The first-order valence-electron chi connectivity index (χ1n) is 12.1. The molecule has 0 aliphatic carbocycles. The Bertz CT molecular complexity index is 1310. The predicted molar refractivity (Wildman–Crippen MR) is 141 cm³/mol. The molecule has 10 heteroatoms. The van der Waals surface area contributed by atoms with Gasteiger partial charge in [0.2, 0.25) is 5.75 Å². The van der Waals surface area contributed by atoms with Crippen LogP contribution >= 0.6 is 0 Å². The van der Waals surface area contributed by atoms with Gasteiger partial charge in [-0.05, 0) is 30.3 Å². The number of carbonyl (C=O) groups excluding carboxylic acids is 1. The van der Waals surface area contributed by atoms with Gasteiger partial charge >= 0.3 is 5.97 Å². The Kier molecular flexibility index (Phi) is 8.43. The predicted octanol–water partition coefficient (Wildman–Crippen LogP) is 4.65. The molecule has 0 saturated heterocycles. The van der Waals surface area contributed by atoms with Gasteiger partial charge in [0.05, 0.1) is 55.3 Å². The van der Waals surface area contributed by atoms with Gasteiger partial charge in [0.15, 0.2) is 29.1 Å². The molecule has 39 heavy (non-hydrogen) atoms. The lowest BCUT2D eigenvalue weighted by Crippen LogP contribution is -2.35. The number of fused-ring (bicyclic) bond motifs is 1. The van der Waals surface area contributed by atoms with E-state index in [1.54, 1.807) is 56.7 Å². The molecule has 0 unspecified atom stereocenters. The van der Waals surface area contributed by atoms with E-state index < -0.39 is 18.2 Å². The smallest absolute Gasteiger partial charge is 0.338 e. The molecule has 4 rings (SSSR count). The molecule has 3 aromatic rings. The third-order valence-electron chi connectivity index (χ3n) is 6.49. The zero-order valence-corrected chi connectivity index (χ0v) is 23.0. The van der Waals surface area contributed by atoms with Gasteiger partial charge in [-0.15, -0.1) is 0 Å². The fraction of sp³-hybridized carbons (Fsp3) is 0.345. The van der Waals surface area contributed by atoms with Crippen molar-refractivity contribution in [2.75, 3.05) is 49.8 Å². The average molecular weight is 541 g/mol. The highest BCUT2D eigenvalue weighted by molar-refractivity contribution is 5.90. The van der Waals surface area contributed by atoms with E-state index in [2.05, 4.69) is 0 Å². The minimum absolute atomic E-state index is 0.295. The quantitative estimate of drug-likeness (QED) is 0.338. The Morgan fingerprint density at radius 3 is 1.90 bits per heavy atom. The Balaban J connectivity index is 1.79. The molecule has 1 aliphatic heterocycles. The van der Waals surface area contributed by atoms with Crippen LogP contribution in [0.1, 0.15) is 27.6 Å². The molecule has 0 aromatic heterocycles. The molecule has 0 N–H and O–H groups in total. The Hall–Kier alpha value is -4.47. The summed E-state index contributed by atoms with van der Waals surface area (Å²) in [5.74, 6) is 3.33. The van der Waals surface area contributed by atoms with Crippen molar-refractivity contribution in [3.63, 3.8) is 0 Å². The van der Waals surface area contributed by atoms with Crippen molar-refractivity contribution in [2.45, 2.75) is 18.6 Å². The summed E-state index contributed by atoms with van der Waals surface area (Å²) >= 11 is 0. The molecular weight excluding hydrogens is 508 g/mol. The fourth-order valence-corrected chi connectivity index (χ4v) is 4.54. The van der Waals surface area contributed by atoms with Gasteiger partial charge in [0.1, 0.15) is 23.4 Å². The second-order valence-electron chi connectivity index (χ2n) is 8.52. The minimum atomic E-state index is -0.747. The van der Waals surface area contributed by atoms with Crippen LogP contribution in [-0.2, 0) is 11.2 Å². The summed E-state index contributed by atoms with van der Waals surface area (Å²) in [7, 11) is 10.7. The highest BCUT2D eigenvalue weighted by Gasteiger charge is 2.38. The number of benzene rings is 3. The van der Waals surface area contributed by atoms with Gasteiger partial charge in [0.25, 0.3) is 0 Å². The molecule has 0 amide bonds. The Labute approximate surface area is 227 Å². The second-order valence-corrected chi connectivity index (χ2v) is 8.52. The molecule has 3 aromatic carbocycles. The van der Waals surface area contributed by atoms with Crippen molar-refractivity contribution in [1.82, 2.24) is 0 Å². The van der Waals surface area contributed by atoms with Gasteiger partial charge in [-0.25, -0.2) is 4.79 Å². The lowest BCUT2D eigenvalue weighted by Gasteiger charge is -2.34. The molecule has 1 heterocycles. The van der Waals surface area contributed by atoms with Crippen LogP contribution in [0.4, 0.5) is 0 Å². The first kappa shape index (κ1) is 27.6. The molecule has 2 atom stereocenters. The topological polar surface area (TPSA) is 100 Å². The molecule has 10 nitrogen and oxygen atoms in total. The summed E-state index contributed by atoms with van der Waals surface area (Å²) in [6.45, 7) is 0. The maximum atomic E-state index is 13.4. The lowest BCUT2D eigenvalue weighted by molar-refractivity contribution is -0.0189. The molecular formula is C29H32O10. The third-order valence-corrected chi connectivity index (χ3v) is 6.49. The van der Waals surface area contributed by atoms with Crippen molar-refractivity contribution in [1.29, 1.82) is 0 Å². The van der Waals surface area contributed by atoms with Crippen LogP contribution in [0.5, 0.6) is 46.0 Å². The van der Waals surface area contributed by atoms with Crippen molar-refractivity contribution >= 4 is 5.97 Å². The number of carbonyl (C=O) groups is 1. The fourth-order valence-electron chi connectivity index (χ4n) is 4.54. The van der Waals surface area contributed by atoms with Crippen LogP contribution in [0.2, 0.25) is 0 Å². The number of methoxy groups -OCH3 is 7. The van der Waals surface area contributed by atoms with E-state index in [0.29, 0.717) is 63.5 Å². The monoisotopic (exact) mass is 540 g/mol. The van der Waals surface area contributed by atoms with E-state index in [0.717, 1.165) is 5.56 Å². The normalized spacial score (nSPS) is 15.8. The Morgan fingerprint density at radius 2 is 1.33 bits per heavy atom. The van der Waals surface area contributed by atoms with Crippen molar-refractivity contribution in [3.8, 4) is 46.0 Å². The average Bonchev–Trinajstić information content (AvgIpc) is 2.98. The van der Waals surface area contributed by atoms with E-state index in [4.69, 9.17) is 42.6 Å². The zero-order valence-electron chi connectivity index (χ0n) is 23.0. The number of ether oxygens (including phenoxy) is 9. The zero-order chi connectivity index (χ0) is 28.1. The first-order chi connectivity index (χ1) is 18.9. The summed E-state index contributed by atoms with van der Waals surface area (Å²) in [5.41, 5.74) is 1.69. The van der Waals surface area contributed by atoms with Gasteiger partial charge in [-0.1, -0.05) is 0 Å². The van der Waals surface area contributed by atoms with Crippen LogP contribution in [-0.4, -0.2) is 61.8 Å². The van der Waals surface area contributed by atoms with Gasteiger partial charge in [-0.2, -0.15) is 0 Å². The molecule has 1 aliphatic rings. The van der Waals surface area contributed by atoms with Crippen LogP contribution in [0.15, 0.2) is 42.5 Å². The number of hydrogen-bond donors (Lipinski definition) is 0. The molecule has 0 fully saturated rings. The summed E-state index contributed by atoms with van der Waals surface area (Å²) < 4.78 is 50.8. The number of hydrogen-bond acceptors (Lipinski definition) is 10. The van der Waals surface area contributed by atoms with Crippen molar-refractivity contribution in [3.05, 3.63) is 59.2 Å². The molecule has 0 bridgehead atoms. The lowest BCUT2D eigenvalue weighted by atomic mass is 9.93.